The third-order valence-electron chi connectivity index (χ3n) is 4.39. The average molecular weight is 332 g/mol. The van der Waals surface area contributed by atoms with E-state index in [1.54, 1.807) is 6.92 Å². The van der Waals surface area contributed by atoms with Gasteiger partial charge in [-0.25, -0.2) is 4.79 Å². The number of carbonyl (C=O) groups excluding carboxylic acids is 2. The van der Waals surface area contributed by atoms with Gasteiger partial charge >= 0.3 is 6.09 Å². The lowest BCUT2D eigenvalue weighted by molar-refractivity contribution is -0.123. The van der Waals surface area contributed by atoms with Gasteiger partial charge in [0.1, 0.15) is 12.6 Å². The number of benzene rings is 1. The molecule has 1 aromatic carbocycles. The Morgan fingerprint density at radius 2 is 1.71 bits per heavy atom. The monoisotopic (exact) mass is 332 g/mol. The lowest BCUT2D eigenvalue weighted by Crippen LogP contribution is -2.48. The third kappa shape index (κ3) is 6.60. The fourth-order valence-electron chi connectivity index (χ4n) is 2.93. The Kier molecular flexibility index (Phi) is 7.59. The molecule has 2 amide bonds. The van der Waals surface area contributed by atoms with Crippen molar-refractivity contribution >= 4 is 12.0 Å². The van der Waals surface area contributed by atoms with Crippen LogP contribution in [0.5, 0.6) is 0 Å². The number of hydrogen-bond acceptors (Lipinski definition) is 3. The summed E-state index contributed by atoms with van der Waals surface area (Å²) in [5, 5.41) is 5.65. The molecule has 1 atom stereocenters. The fourth-order valence-corrected chi connectivity index (χ4v) is 2.93. The van der Waals surface area contributed by atoms with Crippen molar-refractivity contribution in [2.75, 3.05) is 0 Å². The highest BCUT2D eigenvalue weighted by molar-refractivity contribution is 5.85. The smallest absolute Gasteiger partial charge is 0.408 e. The molecule has 0 aromatic heterocycles. The van der Waals surface area contributed by atoms with Crippen molar-refractivity contribution in [3.63, 3.8) is 0 Å². The molecule has 2 rings (SSSR count). The second-order valence-corrected chi connectivity index (χ2v) is 6.48. The minimum atomic E-state index is -0.598. The number of nitrogens with one attached hydrogen (secondary N) is 2. The van der Waals surface area contributed by atoms with E-state index in [0.717, 1.165) is 31.2 Å². The van der Waals surface area contributed by atoms with Crippen LogP contribution in [0, 0.1) is 0 Å². The van der Waals surface area contributed by atoms with E-state index in [4.69, 9.17) is 4.74 Å². The van der Waals surface area contributed by atoms with Crippen molar-refractivity contribution in [3.8, 4) is 0 Å². The van der Waals surface area contributed by atoms with Crippen LogP contribution in [0.2, 0.25) is 0 Å². The number of carbonyl (C=O) groups is 2. The standard InChI is InChI=1S/C19H28N2O3/c1-15(18(22)21-17-12-8-3-2-4-9-13-17)20-19(23)24-14-16-10-6-5-7-11-16/h5-7,10-11,15,17H,2-4,8-9,12-14H2,1H3,(H,20,23)(H,21,22)/t15-/m0/s1. The van der Waals surface area contributed by atoms with Gasteiger partial charge in [-0.15, -0.1) is 0 Å². The Labute approximate surface area is 144 Å². The van der Waals surface area contributed by atoms with Gasteiger partial charge in [0, 0.05) is 6.04 Å². The molecule has 1 fully saturated rings. The van der Waals surface area contributed by atoms with Gasteiger partial charge in [0.15, 0.2) is 0 Å². The normalized spacial score (nSPS) is 17.2. The zero-order valence-electron chi connectivity index (χ0n) is 14.4. The van der Waals surface area contributed by atoms with Gasteiger partial charge in [-0.2, -0.15) is 0 Å². The molecule has 1 aliphatic carbocycles. The van der Waals surface area contributed by atoms with Crippen LogP contribution in [0.3, 0.4) is 0 Å². The summed E-state index contributed by atoms with van der Waals surface area (Å²) in [7, 11) is 0. The number of amides is 2. The molecule has 1 saturated carbocycles. The summed E-state index contributed by atoms with van der Waals surface area (Å²) in [5.74, 6) is -0.141. The van der Waals surface area contributed by atoms with Crippen molar-refractivity contribution in [1.29, 1.82) is 0 Å². The number of alkyl carbamates (subject to hydrolysis) is 1. The Morgan fingerprint density at radius 3 is 2.38 bits per heavy atom. The highest BCUT2D eigenvalue weighted by atomic mass is 16.5. The largest absolute Gasteiger partial charge is 0.445 e. The fraction of sp³-hybridized carbons (Fsp3) is 0.579. The molecule has 132 valence electrons. The van der Waals surface area contributed by atoms with Crippen LogP contribution < -0.4 is 10.6 Å². The predicted octanol–water partition coefficient (Wildman–Crippen LogP) is 3.53. The Morgan fingerprint density at radius 1 is 1.08 bits per heavy atom. The second-order valence-electron chi connectivity index (χ2n) is 6.48. The minimum Gasteiger partial charge on any atom is -0.445 e. The molecule has 0 spiro atoms. The van der Waals surface area contributed by atoms with Crippen molar-refractivity contribution < 1.29 is 14.3 Å². The molecule has 5 nitrogen and oxygen atoms in total. The van der Waals surface area contributed by atoms with Crippen molar-refractivity contribution in [2.45, 2.75) is 70.6 Å². The molecule has 0 unspecified atom stereocenters. The first-order valence-electron chi connectivity index (χ1n) is 8.93. The van der Waals surface area contributed by atoms with E-state index in [1.807, 2.05) is 30.3 Å². The first-order chi connectivity index (χ1) is 11.6. The molecule has 0 saturated heterocycles. The van der Waals surface area contributed by atoms with Crippen LogP contribution in [0.15, 0.2) is 30.3 Å². The van der Waals surface area contributed by atoms with Crippen LogP contribution in [0.4, 0.5) is 4.79 Å². The van der Waals surface area contributed by atoms with E-state index in [-0.39, 0.29) is 18.6 Å². The van der Waals surface area contributed by atoms with Gasteiger partial charge < -0.3 is 15.4 Å². The van der Waals surface area contributed by atoms with E-state index in [0.29, 0.717) is 0 Å². The molecule has 0 heterocycles. The minimum absolute atomic E-state index is 0.141. The maximum Gasteiger partial charge on any atom is 0.408 e. The van der Waals surface area contributed by atoms with E-state index in [9.17, 15) is 9.59 Å². The van der Waals surface area contributed by atoms with Gasteiger partial charge in [0.25, 0.3) is 0 Å². The summed E-state index contributed by atoms with van der Waals surface area (Å²) in [5.41, 5.74) is 0.916. The topological polar surface area (TPSA) is 67.4 Å². The Hall–Kier alpha value is -2.04. The molecule has 0 bridgehead atoms. The van der Waals surface area contributed by atoms with E-state index in [2.05, 4.69) is 10.6 Å². The summed E-state index contributed by atoms with van der Waals surface area (Å²) < 4.78 is 5.15. The zero-order chi connectivity index (χ0) is 17.2. The van der Waals surface area contributed by atoms with Gasteiger partial charge in [0.2, 0.25) is 5.91 Å². The highest BCUT2D eigenvalue weighted by Gasteiger charge is 2.20. The van der Waals surface area contributed by atoms with E-state index < -0.39 is 12.1 Å². The van der Waals surface area contributed by atoms with Crippen LogP contribution in [-0.2, 0) is 16.1 Å². The van der Waals surface area contributed by atoms with Crippen molar-refractivity contribution in [2.24, 2.45) is 0 Å². The molecular weight excluding hydrogens is 304 g/mol. The molecule has 5 heteroatoms. The summed E-state index contributed by atoms with van der Waals surface area (Å²) in [6, 6.07) is 9.09. The first-order valence-corrected chi connectivity index (χ1v) is 8.93. The Bertz CT molecular complexity index is 511. The van der Waals surface area contributed by atoms with Crippen LogP contribution in [0.25, 0.3) is 0 Å². The predicted molar refractivity (Wildman–Crippen MR) is 93.5 cm³/mol. The van der Waals surface area contributed by atoms with Gasteiger partial charge in [-0.3, -0.25) is 4.79 Å². The second kappa shape index (κ2) is 9.96. The molecule has 24 heavy (non-hydrogen) atoms. The molecule has 0 aliphatic heterocycles. The molecular formula is C19H28N2O3. The molecule has 2 N–H and O–H groups in total. The van der Waals surface area contributed by atoms with E-state index >= 15 is 0 Å². The molecule has 1 aliphatic rings. The van der Waals surface area contributed by atoms with Crippen LogP contribution in [0.1, 0.15) is 57.4 Å². The van der Waals surface area contributed by atoms with Crippen LogP contribution in [-0.4, -0.2) is 24.1 Å². The molecule has 1 aromatic rings. The highest BCUT2D eigenvalue weighted by Crippen LogP contribution is 2.17. The van der Waals surface area contributed by atoms with Gasteiger partial charge in [0.05, 0.1) is 0 Å². The SMILES string of the molecule is C[C@H](NC(=O)OCc1ccccc1)C(=O)NC1CCCCCCC1. The maximum absolute atomic E-state index is 12.2. The van der Waals surface area contributed by atoms with Crippen LogP contribution >= 0.6 is 0 Å². The van der Waals surface area contributed by atoms with Gasteiger partial charge in [-0.05, 0) is 25.3 Å². The Balaban J connectivity index is 1.70. The first kappa shape index (κ1) is 18.3. The summed E-state index contributed by atoms with van der Waals surface area (Å²) >= 11 is 0. The van der Waals surface area contributed by atoms with Crippen molar-refractivity contribution in [3.05, 3.63) is 35.9 Å². The van der Waals surface area contributed by atoms with Crippen molar-refractivity contribution in [1.82, 2.24) is 10.6 Å². The zero-order valence-corrected chi connectivity index (χ0v) is 14.4. The van der Waals surface area contributed by atoms with Gasteiger partial charge in [-0.1, -0.05) is 62.4 Å². The summed E-state index contributed by atoms with van der Waals surface area (Å²) in [4.78, 5) is 24.0. The average Bonchev–Trinajstić information content (AvgIpc) is 2.56. The number of ether oxygens (including phenoxy) is 1. The summed E-state index contributed by atoms with van der Waals surface area (Å²) in [6.45, 7) is 1.88. The number of rotatable bonds is 5. The van der Waals surface area contributed by atoms with E-state index in [1.165, 1.54) is 19.3 Å². The summed E-state index contributed by atoms with van der Waals surface area (Å²) in [6.07, 6.45) is 7.58. The third-order valence-corrected chi connectivity index (χ3v) is 4.39. The quantitative estimate of drug-likeness (QED) is 0.867. The molecule has 0 radical (unpaired) electrons. The lowest BCUT2D eigenvalue weighted by atomic mass is 9.96. The maximum atomic E-state index is 12.2. The lowest BCUT2D eigenvalue weighted by Gasteiger charge is -2.23. The number of hydrogen-bond donors (Lipinski definition) is 2.